The number of hydrogen-bond donors (Lipinski definition) is 1. The molecule has 0 saturated heterocycles. The first-order valence-corrected chi connectivity index (χ1v) is 5.73. The molecule has 1 N–H and O–H groups in total. The summed E-state index contributed by atoms with van der Waals surface area (Å²) in [6.45, 7) is 3.37. The Balaban J connectivity index is 2.39. The third-order valence-corrected chi connectivity index (χ3v) is 2.75. The van der Waals surface area contributed by atoms with Crippen molar-refractivity contribution in [2.75, 3.05) is 0 Å². The Kier molecular flexibility index (Phi) is 3.57. The van der Waals surface area contributed by atoms with Crippen LogP contribution in [0, 0.1) is 0 Å². The molecule has 0 heterocycles. The molecule has 19 heavy (non-hydrogen) atoms. The predicted molar refractivity (Wildman–Crippen MR) is 72.5 cm³/mol. The minimum absolute atomic E-state index is 0.173. The molecule has 0 radical (unpaired) electrons. The maximum atomic E-state index is 12.2. The Morgan fingerprint density at radius 1 is 1.00 bits per heavy atom. The molecule has 94 valence electrons. The smallest absolute Gasteiger partial charge is 0.196 e. The number of carbonyl (C=O) groups excluding carboxylic acids is 2. The van der Waals surface area contributed by atoms with Gasteiger partial charge in [-0.3, -0.25) is 9.59 Å². The zero-order valence-corrected chi connectivity index (χ0v) is 10.2. The fraction of sp³-hybridized carbons (Fsp3) is 0. The number of ketones is 2. The monoisotopic (exact) mass is 252 g/mol. The van der Waals surface area contributed by atoms with Crippen LogP contribution in [0.3, 0.4) is 0 Å². The van der Waals surface area contributed by atoms with Gasteiger partial charge in [0, 0.05) is 11.1 Å². The number of phenols is 1. The second-order valence-electron chi connectivity index (χ2n) is 4.00. The van der Waals surface area contributed by atoms with Gasteiger partial charge in [0.05, 0.1) is 5.56 Å². The van der Waals surface area contributed by atoms with Gasteiger partial charge in [0.1, 0.15) is 5.75 Å². The van der Waals surface area contributed by atoms with E-state index >= 15 is 0 Å². The number of benzene rings is 2. The van der Waals surface area contributed by atoms with Gasteiger partial charge in [-0.25, -0.2) is 0 Å². The van der Waals surface area contributed by atoms with Crippen LogP contribution >= 0.6 is 0 Å². The van der Waals surface area contributed by atoms with Gasteiger partial charge >= 0.3 is 0 Å². The van der Waals surface area contributed by atoms with E-state index in [2.05, 4.69) is 6.58 Å². The number of aromatic hydroxyl groups is 1. The second-order valence-corrected chi connectivity index (χ2v) is 4.00. The van der Waals surface area contributed by atoms with Crippen LogP contribution in [0.15, 0.2) is 61.2 Å². The molecular formula is C16H12O3. The molecule has 0 atom stereocenters. The molecule has 0 aliphatic rings. The van der Waals surface area contributed by atoms with E-state index < -0.39 is 0 Å². The van der Waals surface area contributed by atoms with Gasteiger partial charge < -0.3 is 5.11 Å². The predicted octanol–water partition coefficient (Wildman–Crippen LogP) is 2.99. The largest absolute Gasteiger partial charge is 0.507 e. The van der Waals surface area contributed by atoms with Crippen molar-refractivity contribution in [2.24, 2.45) is 0 Å². The third kappa shape index (κ3) is 2.60. The molecule has 0 spiro atoms. The number of allylic oxidation sites excluding steroid dienone is 1. The Bertz CT molecular complexity index is 642. The lowest BCUT2D eigenvalue weighted by Crippen LogP contribution is -2.03. The van der Waals surface area contributed by atoms with Crippen molar-refractivity contribution in [1.82, 2.24) is 0 Å². The Morgan fingerprint density at radius 3 is 2.26 bits per heavy atom. The van der Waals surface area contributed by atoms with E-state index in [0.29, 0.717) is 11.1 Å². The highest BCUT2D eigenvalue weighted by Crippen LogP contribution is 2.22. The number of rotatable bonds is 4. The van der Waals surface area contributed by atoms with Crippen LogP contribution < -0.4 is 0 Å². The molecular weight excluding hydrogens is 240 g/mol. The second kappa shape index (κ2) is 5.31. The standard InChI is InChI=1S/C16H12O3/c1-2-14(17)12-8-9-13(15(18)10-12)16(19)11-6-4-3-5-7-11/h2-10,18H,1H2. The molecule has 0 bridgehead atoms. The van der Waals surface area contributed by atoms with Crippen molar-refractivity contribution in [2.45, 2.75) is 0 Å². The zero-order valence-electron chi connectivity index (χ0n) is 10.2. The molecule has 3 nitrogen and oxygen atoms in total. The minimum atomic E-state index is -0.297. The Hall–Kier alpha value is -2.68. The molecule has 2 aromatic rings. The number of hydrogen-bond acceptors (Lipinski definition) is 3. The summed E-state index contributed by atoms with van der Waals surface area (Å²) in [5, 5.41) is 9.86. The van der Waals surface area contributed by atoms with E-state index in [9.17, 15) is 14.7 Å². The van der Waals surface area contributed by atoms with E-state index in [4.69, 9.17) is 0 Å². The van der Waals surface area contributed by atoms with Crippen molar-refractivity contribution < 1.29 is 14.7 Å². The molecule has 3 heteroatoms. The highest BCUT2D eigenvalue weighted by atomic mass is 16.3. The van der Waals surface area contributed by atoms with Gasteiger partial charge in [-0.1, -0.05) is 43.0 Å². The van der Waals surface area contributed by atoms with Crippen molar-refractivity contribution >= 4 is 11.6 Å². The van der Waals surface area contributed by atoms with Crippen molar-refractivity contribution in [1.29, 1.82) is 0 Å². The summed E-state index contributed by atoms with van der Waals surface area (Å²) >= 11 is 0. The highest BCUT2D eigenvalue weighted by Gasteiger charge is 2.14. The van der Waals surface area contributed by atoms with E-state index in [1.807, 2.05) is 6.07 Å². The highest BCUT2D eigenvalue weighted by molar-refractivity contribution is 6.12. The van der Waals surface area contributed by atoms with E-state index in [-0.39, 0.29) is 22.9 Å². The van der Waals surface area contributed by atoms with Crippen molar-refractivity contribution in [3.05, 3.63) is 77.9 Å². The quantitative estimate of drug-likeness (QED) is 0.672. The molecule has 0 fully saturated rings. The van der Waals surface area contributed by atoms with Crippen LogP contribution in [0.5, 0.6) is 5.75 Å². The Morgan fingerprint density at radius 2 is 1.68 bits per heavy atom. The van der Waals surface area contributed by atoms with Crippen molar-refractivity contribution in [3.63, 3.8) is 0 Å². The van der Waals surface area contributed by atoms with E-state index in [1.54, 1.807) is 24.3 Å². The maximum Gasteiger partial charge on any atom is 0.196 e. The topological polar surface area (TPSA) is 54.4 Å². The minimum Gasteiger partial charge on any atom is -0.507 e. The lowest BCUT2D eigenvalue weighted by Gasteiger charge is -2.05. The fourth-order valence-corrected chi connectivity index (χ4v) is 1.74. The normalized spacial score (nSPS) is 9.89. The average molecular weight is 252 g/mol. The molecule has 0 aromatic heterocycles. The zero-order chi connectivity index (χ0) is 13.8. The first kappa shape index (κ1) is 12.8. The molecule has 2 rings (SSSR count). The number of carbonyl (C=O) groups is 2. The Labute approximate surface area is 110 Å². The lowest BCUT2D eigenvalue weighted by atomic mass is 10.00. The fourth-order valence-electron chi connectivity index (χ4n) is 1.74. The first-order valence-electron chi connectivity index (χ1n) is 5.73. The lowest BCUT2D eigenvalue weighted by molar-refractivity contribution is 0.102. The summed E-state index contributed by atoms with van der Waals surface area (Å²) in [6, 6.07) is 12.9. The molecule has 0 unspecified atom stereocenters. The van der Waals surface area contributed by atoms with Crippen LogP contribution in [0.4, 0.5) is 0 Å². The van der Waals surface area contributed by atoms with Crippen LogP contribution in [0.25, 0.3) is 0 Å². The van der Waals surface area contributed by atoms with Crippen LogP contribution in [-0.4, -0.2) is 16.7 Å². The summed E-state index contributed by atoms with van der Waals surface area (Å²) in [7, 11) is 0. The van der Waals surface area contributed by atoms with Gasteiger partial charge in [-0.15, -0.1) is 0 Å². The summed E-state index contributed by atoms with van der Waals surface area (Å²) in [6.07, 6.45) is 1.16. The van der Waals surface area contributed by atoms with Gasteiger partial charge in [-0.05, 0) is 18.2 Å². The van der Waals surface area contributed by atoms with E-state index in [0.717, 1.165) is 6.08 Å². The van der Waals surface area contributed by atoms with Crippen LogP contribution in [-0.2, 0) is 0 Å². The molecule has 0 aliphatic heterocycles. The summed E-state index contributed by atoms with van der Waals surface area (Å²) < 4.78 is 0. The van der Waals surface area contributed by atoms with Gasteiger partial charge in [-0.2, -0.15) is 0 Å². The molecule has 0 aliphatic carbocycles. The van der Waals surface area contributed by atoms with Crippen molar-refractivity contribution in [3.8, 4) is 5.75 Å². The van der Waals surface area contributed by atoms with Gasteiger partial charge in [0.15, 0.2) is 11.6 Å². The van der Waals surface area contributed by atoms with Crippen LogP contribution in [0.2, 0.25) is 0 Å². The van der Waals surface area contributed by atoms with Crippen LogP contribution in [0.1, 0.15) is 26.3 Å². The SMILES string of the molecule is C=CC(=O)c1ccc(C(=O)c2ccccc2)c(O)c1. The third-order valence-electron chi connectivity index (χ3n) is 2.75. The first-order chi connectivity index (χ1) is 9.13. The van der Waals surface area contributed by atoms with Gasteiger partial charge in [0.25, 0.3) is 0 Å². The molecule has 0 saturated carbocycles. The van der Waals surface area contributed by atoms with E-state index in [1.165, 1.54) is 18.2 Å². The summed E-state index contributed by atoms with van der Waals surface area (Å²) in [5.74, 6) is -0.786. The number of phenolic OH excluding ortho intramolecular Hbond substituents is 1. The average Bonchev–Trinajstić information content (AvgIpc) is 2.46. The maximum absolute atomic E-state index is 12.2. The van der Waals surface area contributed by atoms with Gasteiger partial charge in [0.2, 0.25) is 0 Å². The molecule has 0 amide bonds. The summed E-state index contributed by atoms with van der Waals surface area (Å²) in [4.78, 5) is 23.6. The molecule has 2 aromatic carbocycles. The summed E-state index contributed by atoms with van der Waals surface area (Å²) in [5.41, 5.74) is 0.963.